The molecule has 0 unspecified atom stereocenters. The van der Waals surface area contributed by atoms with Crippen LogP contribution < -0.4 is 5.32 Å². The molecule has 1 aromatic carbocycles. The van der Waals surface area contributed by atoms with Crippen molar-refractivity contribution in [3.63, 3.8) is 0 Å². The van der Waals surface area contributed by atoms with E-state index in [1.54, 1.807) is 7.05 Å². The van der Waals surface area contributed by atoms with Gasteiger partial charge in [0.05, 0.1) is 17.1 Å². The fourth-order valence-corrected chi connectivity index (χ4v) is 1.41. The van der Waals surface area contributed by atoms with Gasteiger partial charge in [0.25, 0.3) is 5.69 Å². The van der Waals surface area contributed by atoms with E-state index in [0.717, 1.165) is 12.8 Å². The summed E-state index contributed by atoms with van der Waals surface area (Å²) >= 11 is 0. The number of hydrogen-bond acceptors (Lipinski definition) is 5. The summed E-state index contributed by atoms with van der Waals surface area (Å²) in [4.78, 5) is 21.9. The normalized spacial score (nSPS) is 9.89. The van der Waals surface area contributed by atoms with Crippen molar-refractivity contribution in [1.29, 1.82) is 0 Å². The van der Waals surface area contributed by atoms with Gasteiger partial charge in [0.2, 0.25) is 0 Å². The topological polar surface area (TPSA) is 81.5 Å². The van der Waals surface area contributed by atoms with E-state index < -0.39 is 10.9 Å². The number of benzene rings is 1. The van der Waals surface area contributed by atoms with E-state index in [-0.39, 0.29) is 11.3 Å². The molecule has 98 valence electrons. The predicted molar refractivity (Wildman–Crippen MR) is 67.8 cm³/mol. The number of hydrogen-bond donors (Lipinski definition) is 1. The van der Waals surface area contributed by atoms with Crippen molar-refractivity contribution >= 4 is 17.3 Å². The van der Waals surface area contributed by atoms with Gasteiger partial charge in [0.1, 0.15) is 5.69 Å². The summed E-state index contributed by atoms with van der Waals surface area (Å²) in [6.45, 7) is 2.32. The van der Waals surface area contributed by atoms with Crippen LogP contribution in [0.4, 0.5) is 11.4 Å². The zero-order chi connectivity index (χ0) is 13.5. The highest BCUT2D eigenvalue weighted by molar-refractivity contribution is 5.91. The molecule has 0 radical (unpaired) electrons. The molecule has 0 fully saturated rings. The van der Waals surface area contributed by atoms with Gasteiger partial charge < -0.3 is 10.1 Å². The SMILES string of the molecule is CCCCOC(=O)c1ccc(NC)c([N+](=O)[O-])c1. The quantitative estimate of drug-likeness (QED) is 0.364. The summed E-state index contributed by atoms with van der Waals surface area (Å²) in [5, 5.41) is 13.5. The smallest absolute Gasteiger partial charge is 0.338 e. The average Bonchev–Trinajstić information content (AvgIpc) is 2.38. The Morgan fingerprint density at radius 1 is 1.50 bits per heavy atom. The van der Waals surface area contributed by atoms with Gasteiger partial charge in [-0.3, -0.25) is 10.1 Å². The van der Waals surface area contributed by atoms with Gasteiger partial charge in [-0.2, -0.15) is 0 Å². The van der Waals surface area contributed by atoms with Crippen molar-refractivity contribution in [2.75, 3.05) is 19.0 Å². The zero-order valence-corrected chi connectivity index (χ0v) is 10.4. The highest BCUT2D eigenvalue weighted by Gasteiger charge is 2.17. The van der Waals surface area contributed by atoms with Crippen molar-refractivity contribution in [2.45, 2.75) is 19.8 Å². The van der Waals surface area contributed by atoms with Gasteiger partial charge in [-0.1, -0.05) is 13.3 Å². The van der Waals surface area contributed by atoms with Gasteiger partial charge >= 0.3 is 5.97 Å². The molecule has 0 atom stereocenters. The second-order valence-electron chi connectivity index (χ2n) is 3.73. The first-order valence-corrected chi connectivity index (χ1v) is 5.73. The fraction of sp³-hybridized carbons (Fsp3) is 0.417. The van der Waals surface area contributed by atoms with Crippen LogP contribution in [0.5, 0.6) is 0 Å². The predicted octanol–water partition coefficient (Wildman–Crippen LogP) is 2.59. The Morgan fingerprint density at radius 3 is 2.78 bits per heavy atom. The number of esters is 1. The molecular weight excluding hydrogens is 236 g/mol. The van der Waals surface area contributed by atoms with Crippen LogP contribution in [0.25, 0.3) is 0 Å². The number of nitro groups is 1. The van der Waals surface area contributed by atoms with Gasteiger partial charge in [-0.15, -0.1) is 0 Å². The first-order chi connectivity index (χ1) is 8.60. The summed E-state index contributed by atoms with van der Waals surface area (Å²) in [7, 11) is 1.58. The molecule has 6 nitrogen and oxygen atoms in total. The highest BCUT2D eigenvalue weighted by Crippen LogP contribution is 2.25. The standard InChI is InChI=1S/C12H16N2O4/c1-3-4-7-18-12(15)9-5-6-10(13-2)11(8-9)14(16)17/h5-6,8,13H,3-4,7H2,1-2H3. The minimum atomic E-state index is -0.533. The first-order valence-electron chi connectivity index (χ1n) is 5.73. The number of unbranched alkanes of at least 4 members (excludes halogenated alkanes) is 1. The lowest BCUT2D eigenvalue weighted by Gasteiger charge is -2.06. The summed E-state index contributed by atoms with van der Waals surface area (Å²) in [5.74, 6) is -0.533. The lowest BCUT2D eigenvalue weighted by Crippen LogP contribution is -2.07. The molecule has 0 aromatic heterocycles. The third-order valence-corrected chi connectivity index (χ3v) is 2.43. The molecule has 0 aliphatic carbocycles. The molecule has 0 bridgehead atoms. The van der Waals surface area contributed by atoms with Crippen LogP contribution in [0.2, 0.25) is 0 Å². The second kappa shape index (κ2) is 6.58. The molecule has 0 saturated carbocycles. The van der Waals surface area contributed by atoms with Crippen LogP contribution in [0.3, 0.4) is 0 Å². The Balaban J connectivity index is 2.87. The van der Waals surface area contributed by atoms with Crippen molar-refractivity contribution in [3.05, 3.63) is 33.9 Å². The molecule has 1 rings (SSSR count). The Bertz CT molecular complexity index is 446. The summed E-state index contributed by atoms with van der Waals surface area (Å²) < 4.78 is 4.99. The molecule has 0 heterocycles. The van der Waals surface area contributed by atoms with Crippen molar-refractivity contribution < 1.29 is 14.5 Å². The third-order valence-electron chi connectivity index (χ3n) is 2.43. The average molecular weight is 252 g/mol. The Morgan fingerprint density at radius 2 is 2.22 bits per heavy atom. The number of carbonyl (C=O) groups excluding carboxylic acids is 1. The molecule has 18 heavy (non-hydrogen) atoms. The van der Waals surface area contributed by atoms with Gasteiger partial charge in [-0.05, 0) is 18.6 Å². The zero-order valence-electron chi connectivity index (χ0n) is 10.4. The number of nitrogens with zero attached hydrogens (tertiary/aromatic N) is 1. The first kappa shape index (κ1) is 14.0. The van der Waals surface area contributed by atoms with Crippen molar-refractivity contribution in [1.82, 2.24) is 0 Å². The highest BCUT2D eigenvalue weighted by atomic mass is 16.6. The summed E-state index contributed by atoms with van der Waals surface area (Å²) in [5.41, 5.74) is 0.421. The van der Waals surface area contributed by atoms with Crippen LogP contribution in [-0.2, 0) is 4.74 Å². The number of ether oxygens (including phenoxy) is 1. The maximum atomic E-state index is 11.6. The molecule has 0 saturated heterocycles. The number of nitrogens with one attached hydrogen (secondary N) is 1. The monoisotopic (exact) mass is 252 g/mol. The lowest BCUT2D eigenvalue weighted by molar-refractivity contribution is -0.384. The minimum absolute atomic E-state index is 0.137. The number of carbonyl (C=O) groups is 1. The van der Waals surface area contributed by atoms with Gasteiger partial charge in [0, 0.05) is 13.1 Å². The molecule has 1 N–H and O–H groups in total. The van der Waals surface area contributed by atoms with E-state index >= 15 is 0 Å². The van der Waals surface area contributed by atoms with Crippen molar-refractivity contribution in [2.24, 2.45) is 0 Å². The van der Waals surface area contributed by atoms with E-state index in [1.165, 1.54) is 18.2 Å². The fourth-order valence-electron chi connectivity index (χ4n) is 1.41. The summed E-state index contributed by atoms with van der Waals surface area (Å²) in [6, 6.07) is 4.22. The maximum absolute atomic E-state index is 11.6. The van der Waals surface area contributed by atoms with Crippen molar-refractivity contribution in [3.8, 4) is 0 Å². The van der Waals surface area contributed by atoms with Crippen LogP contribution in [0.15, 0.2) is 18.2 Å². The van der Waals surface area contributed by atoms with Gasteiger partial charge in [-0.25, -0.2) is 4.79 Å². The van der Waals surface area contributed by atoms with Crippen LogP contribution in [0.1, 0.15) is 30.1 Å². The van der Waals surface area contributed by atoms with E-state index in [4.69, 9.17) is 4.74 Å². The minimum Gasteiger partial charge on any atom is -0.462 e. The molecule has 0 aliphatic rings. The van der Waals surface area contributed by atoms with Crippen LogP contribution in [0, 0.1) is 10.1 Å². The number of nitro benzene ring substituents is 1. The third kappa shape index (κ3) is 3.44. The Hall–Kier alpha value is -2.11. The van der Waals surface area contributed by atoms with E-state index in [1.807, 2.05) is 6.92 Å². The maximum Gasteiger partial charge on any atom is 0.338 e. The number of anilines is 1. The molecule has 0 spiro atoms. The van der Waals surface area contributed by atoms with Crippen LogP contribution >= 0.6 is 0 Å². The van der Waals surface area contributed by atoms with E-state index in [9.17, 15) is 14.9 Å². The van der Waals surface area contributed by atoms with Gasteiger partial charge in [0.15, 0.2) is 0 Å². The largest absolute Gasteiger partial charge is 0.462 e. The molecule has 0 amide bonds. The Kier molecular flexibility index (Phi) is 5.10. The van der Waals surface area contributed by atoms with E-state index in [2.05, 4.69) is 5.32 Å². The molecule has 6 heteroatoms. The Labute approximate surface area is 105 Å². The molecule has 1 aromatic rings. The van der Waals surface area contributed by atoms with E-state index in [0.29, 0.717) is 12.3 Å². The lowest BCUT2D eigenvalue weighted by atomic mass is 10.1. The molecule has 0 aliphatic heterocycles. The molecular formula is C12H16N2O4. The van der Waals surface area contributed by atoms with Crippen LogP contribution in [-0.4, -0.2) is 24.5 Å². The summed E-state index contributed by atoms with van der Waals surface area (Å²) in [6.07, 6.45) is 1.70. The number of rotatable bonds is 6. The second-order valence-corrected chi connectivity index (χ2v) is 3.73.